The van der Waals surface area contributed by atoms with Crippen molar-refractivity contribution in [3.63, 3.8) is 0 Å². The van der Waals surface area contributed by atoms with Gasteiger partial charge in [-0.1, -0.05) is 13.3 Å². The Labute approximate surface area is 102 Å². The summed E-state index contributed by atoms with van der Waals surface area (Å²) in [6.45, 7) is 4.46. The Morgan fingerprint density at radius 2 is 2.24 bits per heavy atom. The van der Waals surface area contributed by atoms with Gasteiger partial charge in [-0.15, -0.1) is 0 Å². The third kappa shape index (κ3) is 3.71. The van der Waals surface area contributed by atoms with Gasteiger partial charge in [-0.3, -0.25) is 4.79 Å². The monoisotopic (exact) mass is 236 g/mol. The minimum absolute atomic E-state index is 0.118. The summed E-state index contributed by atoms with van der Waals surface area (Å²) in [4.78, 5) is 15.6. The first kappa shape index (κ1) is 13.4. The summed E-state index contributed by atoms with van der Waals surface area (Å²) in [6, 6.07) is 3.57. The van der Waals surface area contributed by atoms with Gasteiger partial charge in [0.1, 0.15) is 5.82 Å². The lowest BCUT2D eigenvalue weighted by atomic mass is 10.1. The summed E-state index contributed by atoms with van der Waals surface area (Å²) in [5, 5.41) is 3.18. The minimum atomic E-state index is -0.479. The number of carbonyl (C=O) groups is 1. The Morgan fingerprint density at radius 1 is 1.53 bits per heavy atom. The van der Waals surface area contributed by atoms with E-state index in [2.05, 4.69) is 17.2 Å². The zero-order valence-electron chi connectivity index (χ0n) is 10.4. The maximum atomic E-state index is 11.3. The third-order valence-corrected chi connectivity index (χ3v) is 2.56. The van der Waals surface area contributed by atoms with E-state index >= 15 is 0 Å². The molecule has 0 fully saturated rings. The Bertz CT molecular complexity index is 392. The van der Waals surface area contributed by atoms with Gasteiger partial charge in [0.2, 0.25) is 0 Å². The van der Waals surface area contributed by atoms with Crippen LogP contribution in [0.1, 0.15) is 35.8 Å². The Balaban J connectivity index is 2.94. The van der Waals surface area contributed by atoms with Crippen molar-refractivity contribution in [1.29, 1.82) is 0 Å². The van der Waals surface area contributed by atoms with Crippen LogP contribution in [0.3, 0.4) is 0 Å². The Hall–Kier alpha value is -1.62. The molecule has 5 nitrogen and oxygen atoms in total. The highest BCUT2D eigenvalue weighted by Gasteiger charge is 2.13. The van der Waals surface area contributed by atoms with E-state index in [1.165, 1.54) is 0 Å². The highest BCUT2D eigenvalue weighted by molar-refractivity contribution is 5.97. The lowest BCUT2D eigenvalue weighted by Gasteiger charge is -2.18. The van der Waals surface area contributed by atoms with Crippen LogP contribution >= 0.6 is 0 Å². The summed E-state index contributed by atoms with van der Waals surface area (Å²) in [5.74, 6) is 0.0497. The molecule has 1 atom stereocenters. The third-order valence-electron chi connectivity index (χ3n) is 2.56. The molecule has 94 valence electrons. The van der Waals surface area contributed by atoms with E-state index in [1.807, 2.05) is 6.92 Å². The smallest absolute Gasteiger partial charge is 0.252 e. The molecule has 0 radical (unpaired) electrons. The average Bonchev–Trinajstić information content (AvgIpc) is 2.28. The Kier molecular flexibility index (Phi) is 4.90. The number of hydrogen-bond donors (Lipinski definition) is 3. The van der Waals surface area contributed by atoms with Gasteiger partial charge < -0.3 is 16.8 Å². The molecular weight excluding hydrogens is 216 g/mol. The lowest BCUT2D eigenvalue weighted by Crippen LogP contribution is -2.30. The van der Waals surface area contributed by atoms with Gasteiger partial charge in [0, 0.05) is 18.3 Å². The predicted octanol–water partition coefficient (Wildman–Crippen LogP) is 1.03. The number of aryl methyl sites for hydroxylation is 1. The summed E-state index contributed by atoms with van der Waals surface area (Å²) in [7, 11) is 0. The van der Waals surface area contributed by atoms with Crippen molar-refractivity contribution in [2.45, 2.75) is 32.7 Å². The van der Waals surface area contributed by atoms with Gasteiger partial charge in [-0.2, -0.15) is 0 Å². The molecule has 0 spiro atoms. The van der Waals surface area contributed by atoms with Crippen LogP contribution in [0.2, 0.25) is 0 Å². The van der Waals surface area contributed by atoms with Crippen molar-refractivity contribution in [2.24, 2.45) is 11.5 Å². The number of nitrogens with two attached hydrogens (primary N) is 2. The van der Waals surface area contributed by atoms with Gasteiger partial charge in [0.15, 0.2) is 0 Å². The second-order valence-corrected chi connectivity index (χ2v) is 4.08. The molecule has 1 aromatic rings. The number of pyridine rings is 1. The molecule has 0 aliphatic carbocycles. The van der Waals surface area contributed by atoms with Crippen molar-refractivity contribution < 1.29 is 4.79 Å². The molecule has 0 aromatic carbocycles. The number of nitrogens with one attached hydrogen (secondary N) is 1. The molecule has 1 aromatic heterocycles. The number of aromatic nitrogens is 1. The number of primary amides is 1. The SMILES string of the molecule is CCCC(CN)Nc1nc(C)ccc1C(N)=O. The van der Waals surface area contributed by atoms with Crippen LogP contribution in [-0.2, 0) is 0 Å². The van der Waals surface area contributed by atoms with E-state index in [4.69, 9.17) is 11.5 Å². The van der Waals surface area contributed by atoms with Crippen LogP contribution in [0.25, 0.3) is 0 Å². The standard InChI is InChI=1S/C12H20N4O/c1-3-4-9(7-13)16-12-10(11(14)17)6-5-8(2)15-12/h5-6,9H,3-4,7,13H2,1-2H3,(H2,14,17)(H,15,16). The minimum Gasteiger partial charge on any atom is -0.365 e. The Morgan fingerprint density at radius 3 is 2.76 bits per heavy atom. The summed E-state index contributed by atoms with van der Waals surface area (Å²) < 4.78 is 0. The van der Waals surface area contributed by atoms with Gasteiger partial charge in [0.25, 0.3) is 5.91 Å². The molecule has 5 N–H and O–H groups in total. The maximum absolute atomic E-state index is 11.3. The molecule has 1 rings (SSSR count). The first-order valence-electron chi connectivity index (χ1n) is 5.82. The van der Waals surface area contributed by atoms with Crippen molar-refractivity contribution in [3.05, 3.63) is 23.4 Å². The highest BCUT2D eigenvalue weighted by Crippen LogP contribution is 2.15. The normalized spacial score (nSPS) is 12.2. The molecule has 1 unspecified atom stereocenters. The van der Waals surface area contributed by atoms with Crippen molar-refractivity contribution in [3.8, 4) is 0 Å². The quantitative estimate of drug-likeness (QED) is 0.687. The molecular formula is C12H20N4O. The molecule has 1 heterocycles. The summed E-state index contributed by atoms with van der Waals surface area (Å²) in [5.41, 5.74) is 12.2. The van der Waals surface area contributed by atoms with E-state index in [9.17, 15) is 4.79 Å². The number of amides is 1. The molecule has 0 saturated carbocycles. The summed E-state index contributed by atoms with van der Waals surface area (Å²) >= 11 is 0. The second kappa shape index (κ2) is 6.20. The predicted molar refractivity (Wildman–Crippen MR) is 68.9 cm³/mol. The van der Waals surface area contributed by atoms with E-state index in [1.54, 1.807) is 12.1 Å². The van der Waals surface area contributed by atoms with Crippen molar-refractivity contribution in [1.82, 2.24) is 4.98 Å². The van der Waals surface area contributed by atoms with E-state index in [-0.39, 0.29) is 6.04 Å². The second-order valence-electron chi connectivity index (χ2n) is 4.08. The first-order valence-corrected chi connectivity index (χ1v) is 5.82. The van der Waals surface area contributed by atoms with Crippen molar-refractivity contribution in [2.75, 3.05) is 11.9 Å². The molecule has 0 aliphatic heterocycles. The number of anilines is 1. The maximum Gasteiger partial charge on any atom is 0.252 e. The van der Waals surface area contributed by atoms with Crippen LogP contribution in [0.5, 0.6) is 0 Å². The topological polar surface area (TPSA) is 94.0 Å². The molecule has 5 heteroatoms. The van der Waals surface area contributed by atoms with Crippen LogP contribution in [0, 0.1) is 6.92 Å². The lowest BCUT2D eigenvalue weighted by molar-refractivity contribution is 0.100. The number of rotatable bonds is 6. The largest absolute Gasteiger partial charge is 0.365 e. The first-order chi connectivity index (χ1) is 8.08. The zero-order valence-corrected chi connectivity index (χ0v) is 10.4. The fourth-order valence-electron chi connectivity index (χ4n) is 1.66. The van der Waals surface area contributed by atoms with Gasteiger partial charge in [0.05, 0.1) is 5.56 Å². The average molecular weight is 236 g/mol. The van der Waals surface area contributed by atoms with Crippen LogP contribution < -0.4 is 16.8 Å². The molecule has 1 amide bonds. The van der Waals surface area contributed by atoms with Gasteiger partial charge >= 0.3 is 0 Å². The zero-order chi connectivity index (χ0) is 12.8. The number of nitrogens with zero attached hydrogens (tertiary/aromatic N) is 1. The molecule has 0 aliphatic rings. The number of hydrogen-bond acceptors (Lipinski definition) is 4. The molecule has 17 heavy (non-hydrogen) atoms. The van der Waals surface area contributed by atoms with E-state index in [0.717, 1.165) is 18.5 Å². The van der Waals surface area contributed by atoms with Crippen LogP contribution in [0.15, 0.2) is 12.1 Å². The fourth-order valence-corrected chi connectivity index (χ4v) is 1.66. The summed E-state index contributed by atoms with van der Waals surface area (Å²) in [6.07, 6.45) is 1.96. The van der Waals surface area contributed by atoms with Gasteiger partial charge in [-0.05, 0) is 25.5 Å². The molecule has 0 saturated heterocycles. The molecule has 0 bridgehead atoms. The fraction of sp³-hybridized carbons (Fsp3) is 0.500. The van der Waals surface area contributed by atoms with E-state index < -0.39 is 5.91 Å². The van der Waals surface area contributed by atoms with Crippen LogP contribution in [-0.4, -0.2) is 23.5 Å². The highest BCUT2D eigenvalue weighted by atomic mass is 16.1. The van der Waals surface area contributed by atoms with E-state index in [0.29, 0.717) is 17.9 Å². The van der Waals surface area contributed by atoms with Crippen LogP contribution in [0.4, 0.5) is 5.82 Å². The van der Waals surface area contributed by atoms with Crippen molar-refractivity contribution >= 4 is 11.7 Å². The number of carbonyl (C=O) groups excluding carboxylic acids is 1. The van der Waals surface area contributed by atoms with Gasteiger partial charge in [-0.25, -0.2) is 4.98 Å².